The molecule has 0 heterocycles. The molecular weight excluding hydrogens is 500 g/mol. The minimum Gasteiger partial charge on any atom is -0.459 e. The Balaban J connectivity index is 1.24. The second kappa shape index (κ2) is 9.85. The summed E-state index contributed by atoms with van der Waals surface area (Å²) < 4.78 is 6.25. The molecule has 0 spiro atoms. The van der Waals surface area contributed by atoms with Crippen LogP contribution in [-0.2, 0) is 9.53 Å². The van der Waals surface area contributed by atoms with E-state index in [1.165, 1.54) is 63.4 Å². The smallest absolute Gasteiger partial charge is 0.331 e. The van der Waals surface area contributed by atoms with E-state index >= 15 is 0 Å². The van der Waals surface area contributed by atoms with E-state index in [9.17, 15) is 4.79 Å². The molecule has 224 valence electrons. The van der Waals surface area contributed by atoms with Crippen molar-refractivity contribution in [2.75, 3.05) is 0 Å². The summed E-state index contributed by atoms with van der Waals surface area (Å²) in [5, 5.41) is 0. The molecule has 0 N–H and O–H groups in total. The van der Waals surface area contributed by atoms with Gasteiger partial charge in [0.15, 0.2) is 0 Å². The molecule has 5 fully saturated rings. The van der Waals surface area contributed by atoms with Gasteiger partial charge in [0.05, 0.1) is 0 Å². The van der Waals surface area contributed by atoms with Gasteiger partial charge < -0.3 is 4.74 Å². The largest absolute Gasteiger partial charge is 0.459 e. The Morgan fingerprint density at radius 1 is 0.829 bits per heavy atom. The number of carbonyl (C=O) groups excluding carboxylic acids is 1. The third-order valence-corrected chi connectivity index (χ3v) is 14.9. The number of benzene rings is 1. The summed E-state index contributed by atoms with van der Waals surface area (Å²) in [5.74, 6) is 3.50. The van der Waals surface area contributed by atoms with Crippen molar-refractivity contribution in [3.63, 3.8) is 0 Å². The Morgan fingerprint density at radius 3 is 2.27 bits per heavy atom. The molecule has 5 saturated carbocycles. The van der Waals surface area contributed by atoms with Gasteiger partial charge in [-0.15, -0.1) is 0 Å². The highest BCUT2D eigenvalue weighted by Crippen LogP contribution is 2.77. The van der Waals surface area contributed by atoms with E-state index in [1.54, 1.807) is 6.08 Å². The van der Waals surface area contributed by atoms with E-state index < -0.39 is 0 Å². The van der Waals surface area contributed by atoms with Gasteiger partial charge in [-0.1, -0.05) is 84.0 Å². The minimum atomic E-state index is -0.196. The first-order chi connectivity index (χ1) is 19.3. The van der Waals surface area contributed by atoms with E-state index in [0.29, 0.717) is 27.6 Å². The fraction of sp³-hybridized carbons (Fsp3) is 0.718. The molecule has 41 heavy (non-hydrogen) atoms. The topological polar surface area (TPSA) is 26.3 Å². The molecule has 6 rings (SSSR count). The zero-order valence-electron chi connectivity index (χ0n) is 27.1. The number of fused-ring (bicyclic) bond motifs is 7. The molecule has 0 radical (unpaired) electrons. The quantitative estimate of drug-likeness (QED) is 0.209. The highest BCUT2D eigenvalue weighted by molar-refractivity contribution is 5.87. The summed E-state index contributed by atoms with van der Waals surface area (Å²) >= 11 is 0. The molecule has 5 aliphatic rings. The average Bonchev–Trinajstić information content (AvgIpc) is 3.28. The van der Waals surface area contributed by atoms with Gasteiger partial charge in [0.2, 0.25) is 0 Å². The maximum Gasteiger partial charge on any atom is 0.331 e. The Kier molecular flexibility index (Phi) is 7.03. The van der Waals surface area contributed by atoms with E-state index in [1.807, 2.05) is 36.4 Å². The van der Waals surface area contributed by atoms with Gasteiger partial charge in [-0.3, -0.25) is 0 Å². The van der Waals surface area contributed by atoms with Crippen molar-refractivity contribution in [3.05, 3.63) is 54.1 Å². The number of ether oxygens (including phenoxy) is 1. The Morgan fingerprint density at radius 2 is 1.56 bits per heavy atom. The van der Waals surface area contributed by atoms with Crippen LogP contribution in [0.1, 0.15) is 118 Å². The average molecular weight is 557 g/mol. The van der Waals surface area contributed by atoms with Crippen molar-refractivity contribution >= 4 is 12.0 Å². The zero-order chi connectivity index (χ0) is 29.4. The van der Waals surface area contributed by atoms with Crippen LogP contribution in [0, 0.1) is 56.7 Å². The summed E-state index contributed by atoms with van der Waals surface area (Å²) in [6.07, 6.45) is 16.6. The van der Waals surface area contributed by atoms with Crippen molar-refractivity contribution in [2.24, 2.45) is 56.7 Å². The standard InChI is InChI=1S/C39H56O2/c1-26(2)28-18-21-36(5)24-25-38(7)29(34(28)36)15-16-31-37(6)22-20-32(35(3,4)30(37)19-23-39(31,38)8)41-33(40)17-14-27-12-10-9-11-13-27/h9-14,17,28-32,34H,1,15-16,18-25H2,2-8H3/t28-,29+,30-,31+,32-,34+,36+,37-,38+,39+/m0/s1. The van der Waals surface area contributed by atoms with Gasteiger partial charge in [0.25, 0.3) is 0 Å². The Hall–Kier alpha value is -1.83. The zero-order valence-corrected chi connectivity index (χ0v) is 27.1. The van der Waals surface area contributed by atoms with Gasteiger partial charge in [-0.2, -0.15) is 0 Å². The first-order valence-corrected chi connectivity index (χ1v) is 16.9. The number of hydrogen-bond donors (Lipinski definition) is 0. The predicted octanol–water partition coefficient (Wildman–Crippen LogP) is 10.3. The number of carbonyl (C=O) groups is 1. The maximum absolute atomic E-state index is 13.0. The van der Waals surface area contributed by atoms with Crippen molar-refractivity contribution in [1.29, 1.82) is 0 Å². The molecule has 0 amide bonds. The van der Waals surface area contributed by atoms with Crippen molar-refractivity contribution < 1.29 is 9.53 Å². The first-order valence-electron chi connectivity index (χ1n) is 16.9. The van der Waals surface area contributed by atoms with Crippen LogP contribution in [-0.4, -0.2) is 12.1 Å². The molecule has 0 saturated heterocycles. The third-order valence-electron chi connectivity index (χ3n) is 14.9. The molecular formula is C39H56O2. The fourth-order valence-electron chi connectivity index (χ4n) is 12.6. The molecule has 2 heteroatoms. The van der Waals surface area contributed by atoms with Crippen LogP contribution < -0.4 is 0 Å². The molecule has 0 bridgehead atoms. The Bertz CT molecular complexity index is 1210. The van der Waals surface area contributed by atoms with E-state index in [-0.39, 0.29) is 17.5 Å². The van der Waals surface area contributed by atoms with Crippen LogP contribution in [0.4, 0.5) is 0 Å². The number of allylic oxidation sites excluding steroid dienone is 1. The monoisotopic (exact) mass is 556 g/mol. The lowest BCUT2D eigenvalue weighted by atomic mass is 9.32. The number of esters is 1. The lowest BCUT2D eigenvalue weighted by Crippen LogP contribution is -2.66. The van der Waals surface area contributed by atoms with Crippen molar-refractivity contribution in [2.45, 2.75) is 119 Å². The van der Waals surface area contributed by atoms with Gasteiger partial charge in [0.1, 0.15) is 6.10 Å². The summed E-state index contributed by atoms with van der Waals surface area (Å²) in [6.45, 7) is 22.4. The number of hydrogen-bond acceptors (Lipinski definition) is 2. The molecule has 10 atom stereocenters. The second-order valence-corrected chi connectivity index (χ2v) is 16.9. The Labute approximate surface area is 250 Å². The highest BCUT2D eigenvalue weighted by atomic mass is 16.5. The normalized spacial score (nSPS) is 46.6. The van der Waals surface area contributed by atoms with Gasteiger partial charge >= 0.3 is 5.97 Å². The lowest BCUT2D eigenvalue weighted by molar-refractivity contribution is -0.248. The summed E-state index contributed by atoms with van der Waals surface area (Å²) in [4.78, 5) is 13.0. The maximum atomic E-state index is 13.0. The van der Waals surface area contributed by atoms with Crippen LogP contribution in [0.25, 0.3) is 6.08 Å². The third kappa shape index (κ3) is 4.27. The van der Waals surface area contributed by atoms with Crippen LogP contribution in [0.15, 0.2) is 48.6 Å². The molecule has 0 aliphatic heterocycles. The first kappa shape index (κ1) is 29.3. The molecule has 1 aromatic rings. The van der Waals surface area contributed by atoms with E-state index in [4.69, 9.17) is 4.74 Å². The minimum absolute atomic E-state index is 0.0185. The fourth-order valence-corrected chi connectivity index (χ4v) is 12.6. The summed E-state index contributed by atoms with van der Waals surface area (Å²) in [6, 6.07) is 10.0. The highest BCUT2D eigenvalue weighted by Gasteiger charge is 2.70. The van der Waals surface area contributed by atoms with Gasteiger partial charge in [-0.05, 0) is 134 Å². The summed E-state index contributed by atoms with van der Waals surface area (Å²) in [7, 11) is 0. The molecule has 0 aromatic heterocycles. The molecule has 2 nitrogen and oxygen atoms in total. The van der Waals surface area contributed by atoms with Crippen LogP contribution in [0.2, 0.25) is 0 Å². The predicted molar refractivity (Wildman–Crippen MR) is 170 cm³/mol. The van der Waals surface area contributed by atoms with E-state index in [0.717, 1.165) is 35.7 Å². The lowest BCUT2D eigenvalue weighted by Gasteiger charge is -2.73. The molecule has 5 aliphatic carbocycles. The van der Waals surface area contributed by atoms with Crippen molar-refractivity contribution in [1.82, 2.24) is 0 Å². The number of rotatable bonds is 4. The van der Waals surface area contributed by atoms with Crippen LogP contribution in [0.3, 0.4) is 0 Å². The molecule has 1 aromatic carbocycles. The van der Waals surface area contributed by atoms with Gasteiger partial charge in [0, 0.05) is 11.5 Å². The van der Waals surface area contributed by atoms with Gasteiger partial charge in [-0.25, -0.2) is 4.79 Å². The molecule has 0 unspecified atom stereocenters. The SMILES string of the molecule is C=C(C)[C@@H]1CC[C@]2(C)CC[C@]3(C)[C@H](CC[C@@H]4[C@@]5(C)CC[C@H](OC(=O)C=Cc6ccccc6)C(C)(C)[C@@H]5CC[C@]43C)[C@@H]12. The summed E-state index contributed by atoms with van der Waals surface area (Å²) in [5.41, 5.74) is 4.05. The van der Waals surface area contributed by atoms with E-state index in [2.05, 4.69) is 55.0 Å². The van der Waals surface area contributed by atoms with Crippen molar-refractivity contribution in [3.8, 4) is 0 Å². The van der Waals surface area contributed by atoms with Crippen LogP contribution in [0.5, 0.6) is 0 Å². The second-order valence-electron chi connectivity index (χ2n) is 16.9. The van der Waals surface area contributed by atoms with Crippen LogP contribution >= 0.6 is 0 Å².